The van der Waals surface area contributed by atoms with Crippen molar-refractivity contribution in [3.8, 4) is 0 Å². The zero-order chi connectivity index (χ0) is 13.0. The molecule has 18 heavy (non-hydrogen) atoms. The third-order valence-electron chi connectivity index (χ3n) is 3.08. The zero-order valence-electron chi connectivity index (χ0n) is 10.3. The van der Waals surface area contributed by atoms with Gasteiger partial charge in [-0.2, -0.15) is 0 Å². The van der Waals surface area contributed by atoms with Crippen molar-refractivity contribution in [1.82, 2.24) is 9.97 Å². The molecule has 1 saturated heterocycles. The largest absolute Gasteiger partial charge is 0.381 e. The van der Waals surface area contributed by atoms with Crippen molar-refractivity contribution in [2.75, 3.05) is 31.7 Å². The maximum atomic E-state index is 11.0. The highest BCUT2D eigenvalue weighted by atomic mass is 35.5. The summed E-state index contributed by atoms with van der Waals surface area (Å²) >= 11 is 5.88. The number of carbonyl (C=O) groups excluding carboxylic acids is 1. The average Bonchev–Trinajstić information content (AvgIpc) is 2.39. The number of carbonyl (C=O) groups is 1. The third-order valence-corrected chi connectivity index (χ3v) is 3.38. The molecule has 6 heteroatoms. The molecule has 0 N–H and O–H groups in total. The van der Waals surface area contributed by atoms with E-state index >= 15 is 0 Å². The van der Waals surface area contributed by atoms with Crippen molar-refractivity contribution in [3.05, 3.63) is 17.0 Å². The van der Waals surface area contributed by atoms with E-state index in [1.807, 2.05) is 11.9 Å². The van der Waals surface area contributed by atoms with Crippen molar-refractivity contribution < 1.29 is 9.53 Å². The Morgan fingerprint density at radius 3 is 3.11 bits per heavy atom. The van der Waals surface area contributed by atoms with Gasteiger partial charge in [-0.05, 0) is 18.8 Å². The van der Waals surface area contributed by atoms with E-state index in [0.29, 0.717) is 23.6 Å². The fourth-order valence-corrected chi connectivity index (χ4v) is 2.37. The minimum absolute atomic E-state index is 0.196. The highest BCUT2D eigenvalue weighted by Gasteiger charge is 2.19. The molecule has 1 fully saturated rings. The molecule has 1 aromatic rings. The minimum atomic E-state index is 0.196. The first-order valence-corrected chi connectivity index (χ1v) is 6.34. The number of halogens is 1. The van der Waals surface area contributed by atoms with Gasteiger partial charge in [0, 0.05) is 20.2 Å². The first-order valence-electron chi connectivity index (χ1n) is 5.97. The second-order valence-electron chi connectivity index (χ2n) is 4.48. The van der Waals surface area contributed by atoms with Gasteiger partial charge in [0.1, 0.15) is 17.3 Å². The van der Waals surface area contributed by atoms with Gasteiger partial charge >= 0.3 is 0 Å². The summed E-state index contributed by atoms with van der Waals surface area (Å²) in [7, 11) is 1.90. The maximum absolute atomic E-state index is 11.0. The molecule has 0 amide bonds. The van der Waals surface area contributed by atoms with E-state index in [-0.39, 0.29) is 5.15 Å². The number of nitrogens with zero attached hydrogens (tertiary/aromatic N) is 3. The fourth-order valence-electron chi connectivity index (χ4n) is 2.20. The van der Waals surface area contributed by atoms with Crippen LogP contribution in [-0.2, 0) is 4.74 Å². The van der Waals surface area contributed by atoms with Crippen LogP contribution < -0.4 is 4.90 Å². The number of anilines is 1. The number of aldehydes is 1. The molecule has 0 aliphatic carbocycles. The van der Waals surface area contributed by atoms with Crippen LogP contribution in [0.1, 0.15) is 23.2 Å². The highest BCUT2D eigenvalue weighted by molar-refractivity contribution is 6.32. The van der Waals surface area contributed by atoms with Crippen LogP contribution in [0.15, 0.2) is 6.33 Å². The van der Waals surface area contributed by atoms with Gasteiger partial charge in [-0.25, -0.2) is 9.97 Å². The molecule has 2 heterocycles. The summed E-state index contributed by atoms with van der Waals surface area (Å²) in [4.78, 5) is 20.9. The predicted octanol–water partition coefficient (Wildman–Crippen LogP) is 1.81. The van der Waals surface area contributed by atoms with Gasteiger partial charge in [0.25, 0.3) is 0 Å². The van der Waals surface area contributed by atoms with E-state index < -0.39 is 0 Å². The predicted molar refractivity (Wildman–Crippen MR) is 69.2 cm³/mol. The van der Waals surface area contributed by atoms with Crippen LogP contribution in [-0.4, -0.2) is 43.1 Å². The van der Waals surface area contributed by atoms with E-state index in [1.54, 1.807) is 0 Å². The fraction of sp³-hybridized carbons (Fsp3) is 0.583. The second kappa shape index (κ2) is 6.11. The van der Waals surface area contributed by atoms with Crippen LogP contribution in [0.3, 0.4) is 0 Å². The van der Waals surface area contributed by atoms with Gasteiger partial charge in [0.05, 0.1) is 12.2 Å². The van der Waals surface area contributed by atoms with Crippen LogP contribution in [0.4, 0.5) is 5.82 Å². The first kappa shape index (κ1) is 13.2. The van der Waals surface area contributed by atoms with Crippen LogP contribution >= 0.6 is 11.6 Å². The molecule has 0 radical (unpaired) electrons. The van der Waals surface area contributed by atoms with Crippen LogP contribution in [0, 0.1) is 5.92 Å². The number of hydrogen-bond acceptors (Lipinski definition) is 5. The quantitative estimate of drug-likeness (QED) is 0.616. The van der Waals surface area contributed by atoms with Crippen LogP contribution in [0.25, 0.3) is 0 Å². The lowest BCUT2D eigenvalue weighted by atomic mass is 10.0. The van der Waals surface area contributed by atoms with Gasteiger partial charge in [-0.3, -0.25) is 4.79 Å². The van der Waals surface area contributed by atoms with Crippen molar-refractivity contribution >= 4 is 23.7 Å². The molecule has 1 aliphatic rings. The molecule has 0 aromatic carbocycles. The van der Waals surface area contributed by atoms with Crippen molar-refractivity contribution in [1.29, 1.82) is 0 Å². The van der Waals surface area contributed by atoms with Crippen LogP contribution in [0.2, 0.25) is 5.15 Å². The maximum Gasteiger partial charge on any atom is 0.156 e. The standard InChI is InChI=1S/C12H16ClN3O2/c1-16(5-9-3-2-4-18-7-9)12-10(6-17)11(13)14-8-15-12/h6,8-9H,2-5,7H2,1H3. The molecule has 5 nitrogen and oxygen atoms in total. The molecule has 1 atom stereocenters. The van der Waals surface area contributed by atoms with Crippen LogP contribution in [0.5, 0.6) is 0 Å². The molecule has 1 aromatic heterocycles. The van der Waals surface area contributed by atoms with Crippen molar-refractivity contribution in [2.24, 2.45) is 5.92 Å². The third kappa shape index (κ3) is 2.97. The van der Waals surface area contributed by atoms with E-state index in [1.165, 1.54) is 6.33 Å². The summed E-state index contributed by atoms with van der Waals surface area (Å²) in [5, 5.41) is 0.196. The minimum Gasteiger partial charge on any atom is -0.381 e. The smallest absolute Gasteiger partial charge is 0.156 e. The van der Waals surface area contributed by atoms with E-state index in [2.05, 4.69) is 9.97 Å². The average molecular weight is 270 g/mol. The molecule has 98 valence electrons. The Kier molecular flexibility index (Phi) is 4.49. The number of ether oxygens (including phenoxy) is 1. The van der Waals surface area contributed by atoms with Gasteiger partial charge in [-0.1, -0.05) is 11.6 Å². The lowest BCUT2D eigenvalue weighted by molar-refractivity contribution is 0.0576. The van der Waals surface area contributed by atoms with Gasteiger partial charge in [0.15, 0.2) is 6.29 Å². The van der Waals surface area contributed by atoms with E-state index in [0.717, 1.165) is 32.6 Å². The number of hydrogen-bond donors (Lipinski definition) is 0. The summed E-state index contributed by atoms with van der Waals surface area (Å²) in [6, 6.07) is 0. The summed E-state index contributed by atoms with van der Waals surface area (Å²) in [6.45, 7) is 2.41. The highest BCUT2D eigenvalue weighted by Crippen LogP contribution is 2.23. The SMILES string of the molecule is CN(CC1CCCOC1)c1ncnc(Cl)c1C=O. The summed E-state index contributed by atoms with van der Waals surface area (Å²) in [5.74, 6) is 1.05. The Labute approximate surface area is 111 Å². The molecular weight excluding hydrogens is 254 g/mol. The summed E-state index contributed by atoms with van der Waals surface area (Å²) in [6.07, 6.45) is 4.30. The monoisotopic (exact) mass is 269 g/mol. The molecule has 1 aliphatic heterocycles. The van der Waals surface area contributed by atoms with Gasteiger partial charge in [0.2, 0.25) is 0 Å². The van der Waals surface area contributed by atoms with Gasteiger partial charge < -0.3 is 9.64 Å². The Bertz CT molecular complexity index is 422. The summed E-state index contributed by atoms with van der Waals surface area (Å²) in [5.41, 5.74) is 0.346. The topological polar surface area (TPSA) is 55.3 Å². The van der Waals surface area contributed by atoms with Crippen molar-refractivity contribution in [3.63, 3.8) is 0 Å². The lowest BCUT2D eigenvalue weighted by Gasteiger charge is -2.28. The summed E-state index contributed by atoms with van der Waals surface area (Å²) < 4.78 is 5.44. The molecule has 1 unspecified atom stereocenters. The van der Waals surface area contributed by atoms with E-state index in [9.17, 15) is 4.79 Å². The Morgan fingerprint density at radius 1 is 1.61 bits per heavy atom. The molecule has 0 spiro atoms. The Hall–Kier alpha value is -1.20. The first-order chi connectivity index (χ1) is 8.72. The molecular formula is C12H16ClN3O2. The van der Waals surface area contributed by atoms with E-state index in [4.69, 9.17) is 16.3 Å². The zero-order valence-corrected chi connectivity index (χ0v) is 11.1. The molecule has 0 bridgehead atoms. The Morgan fingerprint density at radius 2 is 2.44 bits per heavy atom. The number of aromatic nitrogens is 2. The number of rotatable bonds is 4. The normalized spacial score (nSPS) is 19.6. The Balaban J connectivity index is 2.10. The second-order valence-corrected chi connectivity index (χ2v) is 4.84. The van der Waals surface area contributed by atoms with Crippen molar-refractivity contribution in [2.45, 2.75) is 12.8 Å². The van der Waals surface area contributed by atoms with Gasteiger partial charge in [-0.15, -0.1) is 0 Å². The lowest BCUT2D eigenvalue weighted by Crippen LogP contribution is -2.32. The molecule has 0 saturated carbocycles. The molecule has 2 rings (SSSR count).